The number of hydrogen-bond acceptors (Lipinski definition) is 4. The van der Waals surface area contributed by atoms with Crippen molar-refractivity contribution in [3.05, 3.63) is 77.6 Å². The molecule has 0 saturated carbocycles. The van der Waals surface area contributed by atoms with Crippen LogP contribution >= 0.6 is 0 Å². The van der Waals surface area contributed by atoms with Crippen molar-refractivity contribution in [2.45, 2.75) is 26.7 Å². The molecule has 0 bridgehead atoms. The molecule has 0 spiro atoms. The van der Waals surface area contributed by atoms with E-state index in [0.717, 1.165) is 28.3 Å². The molecule has 0 fully saturated rings. The smallest absolute Gasteiger partial charge is 0.257 e. The van der Waals surface area contributed by atoms with Crippen LogP contribution in [0.5, 0.6) is 5.75 Å². The molecular formula is C23H25N3O2. The molecule has 0 aliphatic carbocycles. The van der Waals surface area contributed by atoms with Gasteiger partial charge in [0, 0.05) is 11.9 Å². The zero-order valence-corrected chi connectivity index (χ0v) is 16.6. The van der Waals surface area contributed by atoms with E-state index in [4.69, 9.17) is 4.74 Å². The minimum atomic E-state index is -0.188. The highest BCUT2D eigenvalue weighted by molar-refractivity contribution is 6.05. The van der Waals surface area contributed by atoms with Gasteiger partial charge in [-0.15, -0.1) is 0 Å². The number of amides is 1. The number of aryl methyl sites for hydroxylation is 1. The number of methoxy groups -OCH3 is 1. The molecular weight excluding hydrogens is 350 g/mol. The highest BCUT2D eigenvalue weighted by atomic mass is 16.5. The minimum Gasteiger partial charge on any atom is -0.495 e. The lowest BCUT2D eigenvalue weighted by Crippen LogP contribution is -2.15. The van der Waals surface area contributed by atoms with Crippen molar-refractivity contribution in [3.63, 3.8) is 0 Å². The molecule has 0 saturated heterocycles. The lowest BCUT2D eigenvalue weighted by molar-refractivity contribution is 0.102. The van der Waals surface area contributed by atoms with Gasteiger partial charge in [0.15, 0.2) is 0 Å². The van der Waals surface area contributed by atoms with Crippen molar-refractivity contribution in [2.24, 2.45) is 0 Å². The third-order valence-electron chi connectivity index (χ3n) is 4.55. The van der Waals surface area contributed by atoms with Crippen molar-refractivity contribution in [2.75, 3.05) is 17.7 Å². The predicted octanol–water partition coefficient (Wildman–Crippen LogP) is 5.52. The number of nitrogens with one attached hydrogen (secondary N) is 2. The van der Waals surface area contributed by atoms with E-state index in [2.05, 4.69) is 29.5 Å². The maximum absolute atomic E-state index is 12.9. The molecule has 144 valence electrons. The molecule has 0 unspecified atom stereocenters. The van der Waals surface area contributed by atoms with Crippen LogP contribution in [0.3, 0.4) is 0 Å². The monoisotopic (exact) mass is 375 g/mol. The Balaban J connectivity index is 1.84. The molecule has 0 atom stereocenters. The van der Waals surface area contributed by atoms with Crippen LogP contribution in [-0.4, -0.2) is 18.0 Å². The van der Waals surface area contributed by atoms with Gasteiger partial charge < -0.3 is 15.4 Å². The number of rotatable bonds is 6. The fraction of sp³-hybridized carbons (Fsp3) is 0.217. The second-order valence-electron chi connectivity index (χ2n) is 6.94. The minimum absolute atomic E-state index is 0.188. The maximum atomic E-state index is 12.9. The number of aromatic nitrogens is 1. The van der Waals surface area contributed by atoms with Crippen LogP contribution in [0.15, 0.2) is 60.9 Å². The first kappa shape index (κ1) is 19.4. The second kappa shape index (κ2) is 8.57. The molecule has 5 heteroatoms. The number of para-hydroxylation sites is 3. The number of hydrogen-bond donors (Lipinski definition) is 2. The summed E-state index contributed by atoms with van der Waals surface area (Å²) in [5.74, 6) is 0.845. The lowest BCUT2D eigenvalue weighted by Gasteiger charge is -2.17. The van der Waals surface area contributed by atoms with Gasteiger partial charge in [-0.1, -0.05) is 44.2 Å². The molecule has 0 radical (unpaired) electrons. The number of anilines is 3. The summed E-state index contributed by atoms with van der Waals surface area (Å²) in [6.07, 6.45) is 3.24. The quantitative estimate of drug-likeness (QED) is 0.596. The summed E-state index contributed by atoms with van der Waals surface area (Å²) in [6, 6.07) is 15.4. The summed E-state index contributed by atoms with van der Waals surface area (Å²) in [6.45, 7) is 6.23. The second-order valence-corrected chi connectivity index (χ2v) is 6.94. The lowest BCUT2D eigenvalue weighted by atomic mass is 9.98. The van der Waals surface area contributed by atoms with Crippen LogP contribution in [0.4, 0.5) is 17.1 Å². The third-order valence-corrected chi connectivity index (χ3v) is 4.55. The van der Waals surface area contributed by atoms with Crippen LogP contribution in [0, 0.1) is 6.92 Å². The van der Waals surface area contributed by atoms with E-state index in [1.54, 1.807) is 25.6 Å². The van der Waals surface area contributed by atoms with Gasteiger partial charge in [0.25, 0.3) is 5.91 Å². The van der Waals surface area contributed by atoms with E-state index in [1.165, 1.54) is 0 Å². The fourth-order valence-corrected chi connectivity index (χ4v) is 3.06. The molecule has 3 rings (SSSR count). The van der Waals surface area contributed by atoms with Crippen LogP contribution in [0.2, 0.25) is 0 Å². The number of benzene rings is 2. The van der Waals surface area contributed by atoms with E-state index in [0.29, 0.717) is 17.2 Å². The van der Waals surface area contributed by atoms with Gasteiger partial charge in [-0.05, 0) is 42.2 Å². The fourth-order valence-electron chi connectivity index (χ4n) is 3.06. The molecule has 28 heavy (non-hydrogen) atoms. The Kier molecular flexibility index (Phi) is 5.94. The first-order valence-electron chi connectivity index (χ1n) is 9.25. The molecule has 0 aliphatic rings. The van der Waals surface area contributed by atoms with Gasteiger partial charge >= 0.3 is 0 Å². The van der Waals surface area contributed by atoms with E-state index >= 15 is 0 Å². The van der Waals surface area contributed by atoms with Crippen LogP contribution in [-0.2, 0) is 0 Å². The maximum Gasteiger partial charge on any atom is 0.257 e. The third kappa shape index (κ3) is 4.31. The van der Waals surface area contributed by atoms with E-state index in [1.807, 2.05) is 49.4 Å². The van der Waals surface area contributed by atoms with Crippen molar-refractivity contribution >= 4 is 23.0 Å². The summed E-state index contributed by atoms with van der Waals surface area (Å²) in [5, 5.41) is 6.31. The number of ether oxygens (including phenoxy) is 1. The number of carbonyl (C=O) groups excluding carboxylic acids is 1. The molecule has 5 nitrogen and oxygen atoms in total. The molecule has 1 amide bonds. The summed E-state index contributed by atoms with van der Waals surface area (Å²) >= 11 is 0. The summed E-state index contributed by atoms with van der Waals surface area (Å²) in [7, 11) is 1.62. The first-order chi connectivity index (χ1) is 13.5. The topological polar surface area (TPSA) is 63.2 Å². The molecule has 1 aromatic heterocycles. The van der Waals surface area contributed by atoms with Crippen molar-refractivity contribution in [1.29, 1.82) is 0 Å². The number of pyridine rings is 1. The molecule has 0 aliphatic heterocycles. The summed E-state index contributed by atoms with van der Waals surface area (Å²) in [5.41, 5.74) is 5.03. The van der Waals surface area contributed by atoms with E-state index < -0.39 is 0 Å². The molecule has 2 N–H and O–H groups in total. The average molecular weight is 375 g/mol. The summed E-state index contributed by atoms with van der Waals surface area (Å²) < 4.78 is 5.36. The Labute approximate surface area is 165 Å². The first-order valence-corrected chi connectivity index (χ1v) is 9.25. The van der Waals surface area contributed by atoms with Crippen LogP contribution in [0.25, 0.3) is 0 Å². The van der Waals surface area contributed by atoms with Crippen molar-refractivity contribution in [1.82, 2.24) is 4.98 Å². The van der Waals surface area contributed by atoms with Gasteiger partial charge in [-0.3, -0.25) is 9.78 Å². The Morgan fingerprint density at radius 2 is 1.86 bits per heavy atom. The SMILES string of the molecule is COc1ccccc1Nc1cncc(C(=O)Nc2c(C)cccc2C(C)C)c1. The van der Waals surface area contributed by atoms with Gasteiger partial charge in [-0.25, -0.2) is 0 Å². The van der Waals surface area contributed by atoms with Gasteiger partial charge in [-0.2, -0.15) is 0 Å². The largest absolute Gasteiger partial charge is 0.495 e. The van der Waals surface area contributed by atoms with Crippen LogP contribution in [0.1, 0.15) is 41.3 Å². The Morgan fingerprint density at radius 1 is 1.07 bits per heavy atom. The van der Waals surface area contributed by atoms with Gasteiger partial charge in [0.1, 0.15) is 5.75 Å². The van der Waals surface area contributed by atoms with Crippen molar-refractivity contribution < 1.29 is 9.53 Å². The predicted molar refractivity (Wildman–Crippen MR) is 114 cm³/mol. The Morgan fingerprint density at radius 3 is 2.61 bits per heavy atom. The number of nitrogens with zero attached hydrogens (tertiary/aromatic N) is 1. The van der Waals surface area contributed by atoms with E-state index in [9.17, 15) is 4.79 Å². The standard InChI is InChI=1S/C23H25N3O2/c1-15(2)19-9-7-8-16(3)22(19)26-23(27)17-12-18(14-24-13-17)25-20-10-5-6-11-21(20)28-4/h5-15,25H,1-4H3,(H,26,27). The summed E-state index contributed by atoms with van der Waals surface area (Å²) in [4.78, 5) is 17.1. The Bertz CT molecular complexity index is 983. The van der Waals surface area contributed by atoms with Crippen molar-refractivity contribution in [3.8, 4) is 5.75 Å². The zero-order valence-electron chi connectivity index (χ0n) is 16.6. The molecule has 1 heterocycles. The average Bonchev–Trinajstić information content (AvgIpc) is 2.70. The molecule has 2 aromatic carbocycles. The van der Waals surface area contributed by atoms with E-state index in [-0.39, 0.29) is 5.91 Å². The van der Waals surface area contributed by atoms with Gasteiger partial charge in [0.2, 0.25) is 0 Å². The number of carbonyl (C=O) groups is 1. The highest BCUT2D eigenvalue weighted by Gasteiger charge is 2.14. The van der Waals surface area contributed by atoms with Crippen LogP contribution < -0.4 is 15.4 Å². The highest BCUT2D eigenvalue weighted by Crippen LogP contribution is 2.29. The zero-order chi connectivity index (χ0) is 20.1. The normalized spacial score (nSPS) is 10.6. The molecule has 3 aromatic rings. The van der Waals surface area contributed by atoms with Gasteiger partial charge in [0.05, 0.1) is 30.2 Å². The Hall–Kier alpha value is -3.34.